The topological polar surface area (TPSA) is 39.3 Å². The SMILES string of the molecule is CN(C)C1(c2cccc(F)c2)CCC2(CC1)c1[nH]c3ccccc3c1CCN2C(=O)c1cc(F)cc(C(F)(F)F)c1. The van der Waals surface area contributed by atoms with Crippen LogP contribution in [0.15, 0.2) is 66.7 Å². The highest BCUT2D eigenvalue weighted by molar-refractivity contribution is 5.96. The number of aromatic nitrogens is 1. The van der Waals surface area contributed by atoms with E-state index in [2.05, 4.69) is 9.88 Å². The van der Waals surface area contributed by atoms with E-state index in [1.807, 2.05) is 44.4 Å². The number of H-pyrrole nitrogens is 1. The molecular formula is C32H30F5N3O. The minimum atomic E-state index is -4.79. The molecule has 41 heavy (non-hydrogen) atoms. The van der Waals surface area contributed by atoms with Gasteiger partial charge in [0.25, 0.3) is 5.91 Å². The van der Waals surface area contributed by atoms with Crippen LogP contribution < -0.4 is 0 Å². The highest BCUT2D eigenvalue weighted by Gasteiger charge is 2.53. The third-order valence-corrected chi connectivity index (χ3v) is 9.22. The van der Waals surface area contributed by atoms with Gasteiger partial charge >= 0.3 is 6.18 Å². The van der Waals surface area contributed by atoms with Crippen molar-refractivity contribution < 1.29 is 26.7 Å². The van der Waals surface area contributed by atoms with Crippen molar-refractivity contribution in [2.45, 2.75) is 49.4 Å². The monoisotopic (exact) mass is 567 g/mol. The van der Waals surface area contributed by atoms with Gasteiger partial charge in [0.05, 0.1) is 11.1 Å². The molecule has 1 amide bonds. The maximum atomic E-state index is 14.4. The van der Waals surface area contributed by atoms with Crippen LogP contribution in [0.3, 0.4) is 0 Å². The number of halogens is 5. The summed E-state index contributed by atoms with van der Waals surface area (Å²) in [6.07, 6.45) is -2.18. The summed E-state index contributed by atoms with van der Waals surface area (Å²) in [6, 6.07) is 16.4. The minimum Gasteiger partial charge on any atom is -0.356 e. The number of hydrogen-bond donors (Lipinski definition) is 1. The molecule has 0 saturated heterocycles. The Kier molecular flexibility index (Phi) is 6.48. The number of rotatable bonds is 3. The Labute approximate surface area is 234 Å². The van der Waals surface area contributed by atoms with Crippen LogP contribution in [-0.2, 0) is 23.7 Å². The molecule has 6 rings (SSSR count). The lowest BCUT2D eigenvalue weighted by Gasteiger charge is -2.55. The lowest BCUT2D eigenvalue weighted by molar-refractivity contribution is -0.137. The Morgan fingerprint density at radius 1 is 0.902 bits per heavy atom. The summed E-state index contributed by atoms with van der Waals surface area (Å²) < 4.78 is 69.4. The summed E-state index contributed by atoms with van der Waals surface area (Å²) in [5, 5.41) is 1.05. The molecule has 4 aromatic rings. The molecule has 1 fully saturated rings. The van der Waals surface area contributed by atoms with Crippen molar-refractivity contribution in [1.29, 1.82) is 0 Å². The summed E-state index contributed by atoms with van der Waals surface area (Å²) in [5.41, 5.74) is 0.828. The molecule has 0 atom stereocenters. The van der Waals surface area contributed by atoms with Crippen LogP contribution in [0.2, 0.25) is 0 Å². The van der Waals surface area contributed by atoms with E-state index < -0.39 is 34.5 Å². The number of para-hydroxylation sites is 1. The van der Waals surface area contributed by atoms with Crippen LogP contribution in [-0.4, -0.2) is 41.3 Å². The third kappa shape index (κ3) is 4.41. The summed E-state index contributed by atoms with van der Waals surface area (Å²) in [7, 11) is 3.90. The van der Waals surface area contributed by atoms with Crippen molar-refractivity contribution in [3.8, 4) is 0 Å². The van der Waals surface area contributed by atoms with Crippen LogP contribution in [0.5, 0.6) is 0 Å². The van der Waals surface area contributed by atoms with E-state index in [9.17, 15) is 26.7 Å². The van der Waals surface area contributed by atoms with Crippen molar-refractivity contribution in [1.82, 2.24) is 14.8 Å². The van der Waals surface area contributed by atoms with Crippen LogP contribution in [0, 0.1) is 11.6 Å². The van der Waals surface area contributed by atoms with Gasteiger partial charge in [-0.05, 0) is 93.7 Å². The quantitative estimate of drug-likeness (QED) is 0.262. The molecule has 0 bridgehead atoms. The van der Waals surface area contributed by atoms with Crippen LogP contribution in [0.25, 0.3) is 10.9 Å². The van der Waals surface area contributed by atoms with E-state index in [-0.39, 0.29) is 17.9 Å². The second kappa shape index (κ2) is 9.69. The van der Waals surface area contributed by atoms with Gasteiger partial charge in [-0.2, -0.15) is 13.2 Å². The van der Waals surface area contributed by atoms with Gasteiger partial charge in [-0.3, -0.25) is 9.69 Å². The smallest absolute Gasteiger partial charge is 0.356 e. The van der Waals surface area contributed by atoms with Gasteiger partial charge in [0.1, 0.15) is 11.6 Å². The highest BCUT2D eigenvalue weighted by Crippen LogP contribution is 2.54. The van der Waals surface area contributed by atoms with Crippen molar-refractivity contribution in [3.05, 3.63) is 106 Å². The van der Waals surface area contributed by atoms with Crippen LogP contribution in [0.4, 0.5) is 22.0 Å². The normalized spacial score (nSPS) is 22.9. The van der Waals surface area contributed by atoms with E-state index in [0.717, 1.165) is 39.9 Å². The first kappa shape index (κ1) is 27.4. The average molecular weight is 568 g/mol. The molecule has 2 aliphatic rings. The zero-order valence-electron chi connectivity index (χ0n) is 22.8. The van der Waals surface area contributed by atoms with Crippen molar-refractivity contribution >= 4 is 16.8 Å². The average Bonchev–Trinajstić information content (AvgIpc) is 3.32. The number of aromatic amines is 1. The number of fused-ring (bicyclic) bond motifs is 4. The molecule has 1 aliphatic carbocycles. The Hall–Kier alpha value is -3.72. The molecule has 1 N–H and O–H groups in total. The molecule has 3 aromatic carbocycles. The molecule has 214 valence electrons. The number of hydrogen-bond acceptors (Lipinski definition) is 2. The predicted molar refractivity (Wildman–Crippen MR) is 146 cm³/mol. The number of nitrogens with one attached hydrogen (secondary N) is 1. The standard InChI is InChI=1S/C32H30F5N3O/c1-39(2)30(21-6-5-7-23(33)18-21)11-13-31(14-12-30)28-26(25-8-3-4-9-27(25)38-28)10-15-40(31)29(41)20-16-22(32(35,36)37)19-24(34)17-20/h3-9,16-19,38H,10-15H2,1-2H3. The summed E-state index contributed by atoms with van der Waals surface area (Å²) in [6.45, 7) is 0.278. The van der Waals surface area contributed by atoms with Crippen molar-refractivity contribution in [3.63, 3.8) is 0 Å². The van der Waals surface area contributed by atoms with Gasteiger partial charge < -0.3 is 9.88 Å². The predicted octanol–water partition coefficient (Wildman–Crippen LogP) is 7.39. The second-order valence-corrected chi connectivity index (χ2v) is 11.4. The lowest BCUT2D eigenvalue weighted by Crippen LogP contribution is -2.58. The Morgan fingerprint density at radius 3 is 2.32 bits per heavy atom. The number of benzene rings is 3. The molecule has 1 saturated carbocycles. The van der Waals surface area contributed by atoms with Gasteiger partial charge in [0.15, 0.2) is 0 Å². The van der Waals surface area contributed by atoms with Crippen LogP contribution in [0.1, 0.15) is 58.4 Å². The van der Waals surface area contributed by atoms with E-state index in [1.165, 1.54) is 6.07 Å². The van der Waals surface area contributed by atoms with E-state index in [1.54, 1.807) is 17.0 Å². The van der Waals surface area contributed by atoms with Crippen molar-refractivity contribution in [2.75, 3.05) is 20.6 Å². The zero-order chi connectivity index (χ0) is 29.2. The fourth-order valence-corrected chi connectivity index (χ4v) is 7.13. The maximum Gasteiger partial charge on any atom is 0.416 e. The fourth-order valence-electron chi connectivity index (χ4n) is 7.13. The molecule has 4 nitrogen and oxygen atoms in total. The molecule has 9 heteroatoms. The fraction of sp³-hybridized carbons (Fsp3) is 0.344. The van der Waals surface area contributed by atoms with Gasteiger partial charge in [0.2, 0.25) is 0 Å². The minimum absolute atomic E-state index is 0.278. The molecule has 0 unspecified atom stereocenters. The number of amides is 1. The van der Waals surface area contributed by atoms with E-state index in [0.29, 0.717) is 38.2 Å². The zero-order valence-corrected chi connectivity index (χ0v) is 22.8. The summed E-state index contributed by atoms with van der Waals surface area (Å²) in [5.74, 6) is -2.08. The second-order valence-electron chi connectivity index (χ2n) is 11.4. The van der Waals surface area contributed by atoms with Crippen LogP contribution >= 0.6 is 0 Å². The molecule has 1 spiro atoms. The molecule has 1 aromatic heterocycles. The number of carbonyl (C=O) groups excluding carboxylic acids is 1. The Bertz CT molecular complexity index is 1630. The van der Waals surface area contributed by atoms with Gasteiger partial charge in [-0.25, -0.2) is 8.78 Å². The number of nitrogens with zero attached hydrogens (tertiary/aromatic N) is 2. The first-order chi connectivity index (χ1) is 19.4. The maximum absolute atomic E-state index is 14.4. The summed E-state index contributed by atoms with van der Waals surface area (Å²) >= 11 is 0. The van der Waals surface area contributed by atoms with Gasteiger partial charge in [-0.15, -0.1) is 0 Å². The number of carbonyl (C=O) groups is 1. The molecule has 1 aliphatic heterocycles. The first-order valence-electron chi connectivity index (χ1n) is 13.7. The van der Waals surface area contributed by atoms with E-state index in [4.69, 9.17) is 0 Å². The lowest BCUT2D eigenvalue weighted by atomic mass is 9.65. The number of alkyl halides is 3. The first-order valence-corrected chi connectivity index (χ1v) is 13.7. The molecule has 0 radical (unpaired) electrons. The van der Waals surface area contributed by atoms with E-state index >= 15 is 0 Å². The van der Waals surface area contributed by atoms with Gasteiger partial charge in [0, 0.05) is 34.2 Å². The molecular weight excluding hydrogens is 537 g/mol. The summed E-state index contributed by atoms with van der Waals surface area (Å²) in [4.78, 5) is 21.3. The van der Waals surface area contributed by atoms with Gasteiger partial charge in [-0.1, -0.05) is 30.3 Å². The molecule has 2 heterocycles. The largest absolute Gasteiger partial charge is 0.416 e. The third-order valence-electron chi connectivity index (χ3n) is 9.22. The Balaban J connectivity index is 1.47. The highest BCUT2D eigenvalue weighted by atomic mass is 19.4. The van der Waals surface area contributed by atoms with Crippen molar-refractivity contribution in [2.24, 2.45) is 0 Å². The Morgan fingerprint density at radius 2 is 1.63 bits per heavy atom.